The largest absolute Gasteiger partial charge is 0.115 e. The molecule has 82 valence electrons. The molecule has 0 aliphatic carbocycles. The minimum absolute atomic E-state index is 0.0343. The summed E-state index contributed by atoms with van der Waals surface area (Å²) >= 11 is 1.79. The molecule has 0 N–H and O–H groups in total. The van der Waals surface area contributed by atoms with Crippen molar-refractivity contribution < 1.29 is 0 Å². The van der Waals surface area contributed by atoms with Gasteiger partial charge in [-0.3, -0.25) is 0 Å². The van der Waals surface area contributed by atoms with Gasteiger partial charge in [0, 0.05) is 15.2 Å². The maximum absolute atomic E-state index is 6.10. The van der Waals surface area contributed by atoms with Crippen molar-refractivity contribution in [1.82, 2.24) is 0 Å². The molecule has 2 radical (unpaired) electrons. The first-order valence-corrected chi connectivity index (χ1v) is 6.58. The highest BCUT2D eigenvalue weighted by Gasteiger charge is 2.32. The molecule has 0 unspecified atom stereocenters. The van der Waals surface area contributed by atoms with Gasteiger partial charge in [-0.1, -0.05) is 67.5 Å². The maximum atomic E-state index is 6.10. The molecule has 17 heavy (non-hydrogen) atoms. The van der Waals surface area contributed by atoms with Gasteiger partial charge in [0.2, 0.25) is 0 Å². The molecule has 0 bridgehead atoms. The predicted molar refractivity (Wildman–Crippen MR) is 74.5 cm³/mol. The van der Waals surface area contributed by atoms with E-state index in [-0.39, 0.29) is 5.41 Å². The van der Waals surface area contributed by atoms with Gasteiger partial charge in [-0.2, -0.15) is 0 Å². The van der Waals surface area contributed by atoms with Crippen LogP contribution in [-0.2, 0) is 5.41 Å². The summed E-state index contributed by atoms with van der Waals surface area (Å²) in [5, 5.41) is 0. The fraction of sp³-hybridized carbons (Fsp3) is 0.200. The summed E-state index contributed by atoms with van der Waals surface area (Å²) < 4.78 is 0. The predicted octanol–water partition coefficient (Wildman–Crippen LogP) is 3.27. The third-order valence-corrected chi connectivity index (χ3v) is 4.73. The second-order valence-electron chi connectivity index (χ2n) is 4.95. The van der Waals surface area contributed by atoms with Crippen molar-refractivity contribution in [3.8, 4) is 0 Å². The van der Waals surface area contributed by atoms with Gasteiger partial charge < -0.3 is 0 Å². The third-order valence-electron chi connectivity index (χ3n) is 3.49. The average Bonchev–Trinajstić information content (AvgIpc) is 2.31. The van der Waals surface area contributed by atoms with E-state index in [4.69, 9.17) is 7.85 Å². The Morgan fingerprint density at radius 1 is 0.941 bits per heavy atom. The van der Waals surface area contributed by atoms with Gasteiger partial charge in [-0.25, -0.2) is 0 Å². The van der Waals surface area contributed by atoms with Gasteiger partial charge in [-0.05, 0) is 17.2 Å². The second kappa shape index (κ2) is 3.68. The summed E-state index contributed by atoms with van der Waals surface area (Å²) in [6, 6.07) is 14.8. The lowest BCUT2D eigenvalue weighted by Crippen LogP contribution is -2.27. The molecule has 1 heterocycles. The highest BCUT2D eigenvalue weighted by Crippen LogP contribution is 2.47. The van der Waals surface area contributed by atoms with Crippen LogP contribution >= 0.6 is 11.8 Å². The van der Waals surface area contributed by atoms with Crippen LogP contribution < -0.4 is 5.46 Å². The van der Waals surface area contributed by atoms with E-state index in [0.717, 1.165) is 5.46 Å². The standard InChI is InChI=1S/C15H13BS/c1-15(2)10-6-3-4-9-13(10)17-14-11(15)7-5-8-12(14)16/h3-9H,1-2H3. The van der Waals surface area contributed by atoms with Crippen LogP contribution in [0.15, 0.2) is 52.3 Å². The minimum Gasteiger partial charge on any atom is -0.0901 e. The highest BCUT2D eigenvalue weighted by molar-refractivity contribution is 7.99. The van der Waals surface area contributed by atoms with Crippen LogP contribution in [0.3, 0.4) is 0 Å². The molecule has 0 atom stereocenters. The van der Waals surface area contributed by atoms with Crippen molar-refractivity contribution in [1.29, 1.82) is 0 Å². The summed E-state index contributed by atoms with van der Waals surface area (Å²) in [6.07, 6.45) is 0. The Morgan fingerprint density at radius 3 is 2.47 bits per heavy atom. The van der Waals surface area contributed by atoms with E-state index in [1.54, 1.807) is 11.8 Å². The molecule has 0 spiro atoms. The fourth-order valence-electron chi connectivity index (χ4n) is 2.49. The summed E-state index contributed by atoms with van der Waals surface area (Å²) in [6.45, 7) is 4.54. The van der Waals surface area contributed by atoms with Crippen molar-refractivity contribution in [2.45, 2.75) is 29.1 Å². The lowest BCUT2D eigenvalue weighted by molar-refractivity contribution is 0.609. The fourth-order valence-corrected chi connectivity index (χ4v) is 3.91. The lowest BCUT2D eigenvalue weighted by Gasteiger charge is -2.35. The topological polar surface area (TPSA) is 0 Å². The zero-order valence-electron chi connectivity index (χ0n) is 10.0. The zero-order chi connectivity index (χ0) is 12.0. The number of hydrogen-bond acceptors (Lipinski definition) is 1. The molecule has 0 nitrogen and oxygen atoms in total. The van der Waals surface area contributed by atoms with E-state index in [0.29, 0.717) is 0 Å². The first-order chi connectivity index (χ1) is 8.10. The van der Waals surface area contributed by atoms with E-state index in [9.17, 15) is 0 Å². The smallest absolute Gasteiger partial charge is 0.0901 e. The molecule has 0 fully saturated rings. The van der Waals surface area contributed by atoms with Gasteiger partial charge in [0.1, 0.15) is 7.85 Å². The lowest BCUT2D eigenvalue weighted by atomic mass is 9.76. The van der Waals surface area contributed by atoms with Gasteiger partial charge in [-0.15, -0.1) is 0 Å². The first kappa shape index (κ1) is 11.0. The highest BCUT2D eigenvalue weighted by atomic mass is 32.2. The van der Waals surface area contributed by atoms with Crippen molar-refractivity contribution in [3.63, 3.8) is 0 Å². The van der Waals surface area contributed by atoms with Gasteiger partial charge in [0.05, 0.1) is 0 Å². The molecular weight excluding hydrogens is 223 g/mol. The van der Waals surface area contributed by atoms with Crippen molar-refractivity contribution in [3.05, 3.63) is 53.6 Å². The van der Waals surface area contributed by atoms with Crippen LogP contribution in [0.5, 0.6) is 0 Å². The van der Waals surface area contributed by atoms with Gasteiger partial charge in [0.25, 0.3) is 0 Å². The van der Waals surface area contributed by atoms with Crippen molar-refractivity contribution >= 4 is 25.1 Å². The molecule has 2 aromatic rings. The van der Waals surface area contributed by atoms with Crippen LogP contribution in [0.2, 0.25) is 0 Å². The van der Waals surface area contributed by atoms with Crippen LogP contribution in [0.1, 0.15) is 25.0 Å². The summed E-state index contributed by atoms with van der Waals surface area (Å²) in [5.41, 5.74) is 3.64. The van der Waals surface area contributed by atoms with E-state index >= 15 is 0 Å². The van der Waals surface area contributed by atoms with Crippen LogP contribution in [0, 0.1) is 0 Å². The Morgan fingerprint density at radius 2 is 1.65 bits per heavy atom. The third kappa shape index (κ3) is 1.55. The number of benzene rings is 2. The summed E-state index contributed by atoms with van der Waals surface area (Å²) in [5.74, 6) is 0. The Bertz CT molecular complexity index is 587. The Kier molecular flexibility index (Phi) is 2.37. The molecule has 0 saturated heterocycles. The summed E-state index contributed by atoms with van der Waals surface area (Å²) in [4.78, 5) is 2.54. The molecule has 1 aliphatic heterocycles. The Balaban J connectivity index is 2.31. The Labute approximate surface area is 108 Å². The zero-order valence-corrected chi connectivity index (χ0v) is 10.8. The minimum atomic E-state index is 0.0343. The normalized spacial score (nSPS) is 16.1. The summed E-state index contributed by atoms with van der Waals surface area (Å²) in [7, 11) is 6.10. The quantitative estimate of drug-likeness (QED) is 0.632. The molecule has 0 aromatic heterocycles. The van der Waals surface area contributed by atoms with Gasteiger partial charge in [0.15, 0.2) is 0 Å². The number of hydrogen-bond donors (Lipinski definition) is 0. The number of fused-ring (bicyclic) bond motifs is 2. The average molecular weight is 236 g/mol. The van der Waals surface area contributed by atoms with E-state index in [1.165, 1.54) is 20.9 Å². The van der Waals surface area contributed by atoms with Crippen LogP contribution in [0.4, 0.5) is 0 Å². The van der Waals surface area contributed by atoms with E-state index in [2.05, 4.69) is 44.2 Å². The molecule has 1 aliphatic rings. The van der Waals surface area contributed by atoms with Crippen LogP contribution in [0.25, 0.3) is 0 Å². The molecule has 0 amide bonds. The molecule has 2 aromatic carbocycles. The van der Waals surface area contributed by atoms with Gasteiger partial charge >= 0.3 is 0 Å². The van der Waals surface area contributed by atoms with E-state index in [1.807, 2.05) is 12.1 Å². The van der Waals surface area contributed by atoms with Crippen LogP contribution in [-0.4, -0.2) is 7.85 Å². The SMILES string of the molecule is [B]c1cccc2c1Sc1ccccc1C2(C)C. The Hall–Kier alpha value is -1.15. The molecular formula is C15H13BS. The van der Waals surface area contributed by atoms with Crippen molar-refractivity contribution in [2.24, 2.45) is 0 Å². The van der Waals surface area contributed by atoms with E-state index < -0.39 is 0 Å². The molecule has 0 saturated carbocycles. The number of rotatable bonds is 0. The van der Waals surface area contributed by atoms with Crippen molar-refractivity contribution in [2.75, 3.05) is 0 Å². The first-order valence-electron chi connectivity index (χ1n) is 5.77. The monoisotopic (exact) mass is 236 g/mol. The molecule has 3 rings (SSSR count). The second-order valence-corrected chi connectivity index (χ2v) is 6.00. The molecule has 2 heteroatoms. The maximum Gasteiger partial charge on any atom is 0.115 e.